The van der Waals surface area contributed by atoms with Crippen molar-refractivity contribution >= 4 is 11.8 Å². The average molecular weight is 221 g/mol. The molecule has 0 radical (unpaired) electrons. The second-order valence-corrected chi connectivity index (χ2v) is 4.68. The fourth-order valence-electron chi connectivity index (χ4n) is 1.30. The van der Waals surface area contributed by atoms with Gasteiger partial charge >= 0.3 is 0 Å². The smallest absolute Gasteiger partial charge is 0.0289 e. The van der Waals surface area contributed by atoms with E-state index in [1.165, 1.54) is 10.5 Å². The lowest BCUT2D eigenvalue weighted by atomic mass is 10.1. The minimum Gasteiger partial charge on any atom is -0.313 e. The minimum absolute atomic E-state index is 0.421. The molecule has 0 aliphatic heterocycles. The molecule has 0 aliphatic carbocycles. The summed E-state index contributed by atoms with van der Waals surface area (Å²) in [4.78, 5) is 1.34. The fourth-order valence-corrected chi connectivity index (χ4v) is 2.21. The fraction of sp³-hybridized carbons (Fsp3) is 0.385. The van der Waals surface area contributed by atoms with Crippen molar-refractivity contribution in [2.24, 2.45) is 0 Å². The molecule has 82 valence electrons. The van der Waals surface area contributed by atoms with E-state index in [0.29, 0.717) is 6.04 Å². The van der Waals surface area contributed by atoms with E-state index >= 15 is 0 Å². The Labute approximate surface area is 97.0 Å². The molecule has 0 aromatic heterocycles. The highest BCUT2D eigenvalue weighted by molar-refractivity contribution is 7.99. The molecule has 0 saturated carbocycles. The zero-order chi connectivity index (χ0) is 11.1. The van der Waals surface area contributed by atoms with Crippen LogP contribution in [0.15, 0.2) is 41.8 Å². The van der Waals surface area contributed by atoms with Crippen LogP contribution in [0.1, 0.15) is 24.9 Å². The van der Waals surface area contributed by atoms with Crippen LogP contribution in [0.3, 0.4) is 0 Å². The molecule has 1 nitrogen and oxygen atoms in total. The second kappa shape index (κ2) is 6.70. The second-order valence-electron chi connectivity index (χ2n) is 3.51. The number of thioether (sulfide) groups is 1. The minimum atomic E-state index is 0.421. The van der Waals surface area contributed by atoms with Gasteiger partial charge in [-0.1, -0.05) is 18.2 Å². The quantitative estimate of drug-likeness (QED) is 0.447. The molecule has 0 saturated heterocycles. The number of rotatable bonds is 6. The molecule has 0 spiro atoms. The van der Waals surface area contributed by atoms with E-state index in [1.807, 2.05) is 24.9 Å². The van der Waals surface area contributed by atoms with Crippen molar-refractivity contribution in [3.8, 4) is 0 Å². The largest absolute Gasteiger partial charge is 0.313 e. The van der Waals surface area contributed by atoms with Gasteiger partial charge in [-0.15, -0.1) is 18.3 Å². The van der Waals surface area contributed by atoms with Crippen LogP contribution in [0.25, 0.3) is 0 Å². The van der Waals surface area contributed by atoms with Crippen LogP contribution < -0.4 is 5.32 Å². The van der Waals surface area contributed by atoms with Crippen molar-refractivity contribution in [2.45, 2.75) is 24.3 Å². The van der Waals surface area contributed by atoms with Crippen molar-refractivity contribution in [2.75, 3.05) is 12.8 Å². The van der Waals surface area contributed by atoms with Gasteiger partial charge in [0.15, 0.2) is 0 Å². The van der Waals surface area contributed by atoms with Gasteiger partial charge in [-0.05, 0) is 38.1 Å². The summed E-state index contributed by atoms with van der Waals surface area (Å²) in [5.41, 5.74) is 1.35. The van der Waals surface area contributed by atoms with Gasteiger partial charge in [-0.2, -0.15) is 0 Å². The highest BCUT2D eigenvalue weighted by Crippen LogP contribution is 2.22. The third kappa shape index (κ3) is 4.10. The van der Waals surface area contributed by atoms with Crippen LogP contribution in [0.2, 0.25) is 0 Å². The first-order valence-electron chi connectivity index (χ1n) is 5.29. The monoisotopic (exact) mass is 221 g/mol. The maximum atomic E-state index is 3.73. The molecule has 1 aromatic carbocycles. The molecule has 1 aromatic rings. The van der Waals surface area contributed by atoms with Gasteiger partial charge < -0.3 is 5.32 Å². The van der Waals surface area contributed by atoms with Crippen LogP contribution in [-0.4, -0.2) is 12.8 Å². The predicted molar refractivity (Wildman–Crippen MR) is 69.5 cm³/mol. The molecular formula is C13H19NS. The third-order valence-corrected chi connectivity index (χ3v) is 3.41. The summed E-state index contributed by atoms with van der Waals surface area (Å²) in [6, 6.07) is 9.14. The zero-order valence-corrected chi connectivity index (χ0v) is 10.3. The van der Waals surface area contributed by atoms with E-state index in [9.17, 15) is 0 Å². The molecule has 0 heterocycles. The Bertz CT molecular complexity index is 309. The van der Waals surface area contributed by atoms with Gasteiger partial charge in [0.05, 0.1) is 0 Å². The van der Waals surface area contributed by atoms with E-state index in [1.54, 1.807) is 0 Å². The summed E-state index contributed by atoms with van der Waals surface area (Å²) < 4.78 is 0. The molecule has 1 rings (SSSR count). The van der Waals surface area contributed by atoms with Gasteiger partial charge in [0.25, 0.3) is 0 Å². The standard InChI is InChI=1S/C13H19NS/c1-4-5-9-15-13-8-6-7-12(10-13)11(2)14-3/h4,6-8,10-11,14H,1,5,9H2,2-3H3. The maximum absolute atomic E-state index is 3.73. The highest BCUT2D eigenvalue weighted by Gasteiger charge is 2.02. The summed E-state index contributed by atoms with van der Waals surface area (Å²) in [6.07, 6.45) is 3.03. The number of hydrogen-bond donors (Lipinski definition) is 1. The van der Waals surface area contributed by atoms with Crippen molar-refractivity contribution in [1.82, 2.24) is 5.32 Å². The molecule has 1 atom stereocenters. The molecule has 1 unspecified atom stereocenters. The average Bonchev–Trinajstić information content (AvgIpc) is 2.29. The molecule has 0 bridgehead atoms. The third-order valence-electron chi connectivity index (χ3n) is 2.38. The van der Waals surface area contributed by atoms with E-state index < -0.39 is 0 Å². The van der Waals surface area contributed by atoms with Gasteiger partial charge in [-0.3, -0.25) is 0 Å². The van der Waals surface area contributed by atoms with E-state index in [2.05, 4.69) is 43.1 Å². The Morgan fingerprint density at radius 1 is 1.53 bits per heavy atom. The first-order valence-corrected chi connectivity index (χ1v) is 6.27. The normalized spacial score (nSPS) is 12.4. The summed E-state index contributed by atoms with van der Waals surface area (Å²) in [6.45, 7) is 5.90. The van der Waals surface area contributed by atoms with Crippen LogP contribution >= 0.6 is 11.8 Å². The zero-order valence-electron chi connectivity index (χ0n) is 9.49. The van der Waals surface area contributed by atoms with Gasteiger partial charge in [-0.25, -0.2) is 0 Å². The first-order chi connectivity index (χ1) is 7.27. The van der Waals surface area contributed by atoms with Crippen LogP contribution in [-0.2, 0) is 0 Å². The molecule has 2 heteroatoms. The van der Waals surface area contributed by atoms with Gasteiger partial charge in [0.2, 0.25) is 0 Å². The Morgan fingerprint density at radius 2 is 2.33 bits per heavy atom. The van der Waals surface area contributed by atoms with E-state index in [0.717, 1.165) is 12.2 Å². The predicted octanol–water partition coefficient (Wildman–Crippen LogP) is 3.64. The number of benzene rings is 1. The summed E-state index contributed by atoms with van der Waals surface area (Å²) >= 11 is 1.89. The SMILES string of the molecule is C=CCCSc1cccc(C(C)NC)c1. The molecule has 1 N–H and O–H groups in total. The Kier molecular flexibility index (Phi) is 5.51. The Hall–Kier alpha value is -0.730. The highest BCUT2D eigenvalue weighted by atomic mass is 32.2. The van der Waals surface area contributed by atoms with E-state index in [4.69, 9.17) is 0 Å². The number of nitrogens with one attached hydrogen (secondary N) is 1. The Balaban J connectivity index is 2.61. The topological polar surface area (TPSA) is 12.0 Å². The van der Waals surface area contributed by atoms with Gasteiger partial charge in [0, 0.05) is 16.7 Å². The van der Waals surface area contributed by atoms with Crippen molar-refractivity contribution in [1.29, 1.82) is 0 Å². The lowest BCUT2D eigenvalue weighted by molar-refractivity contribution is 0.651. The van der Waals surface area contributed by atoms with Crippen molar-refractivity contribution in [3.63, 3.8) is 0 Å². The van der Waals surface area contributed by atoms with Crippen molar-refractivity contribution in [3.05, 3.63) is 42.5 Å². The molecule has 0 aliphatic rings. The first kappa shape index (κ1) is 12.3. The van der Waals surface area contributed by atoms with Crippen LogP contribution in [0.4, 0.5) is 0 Å². The number of hydrogen-bond acceptors (Lipinski definition) is 2. The van der Waals surface area contributed by atoms with Crippen LogP contribution in [0.5, 0.6) is 0 Å². The number of allylic oxidation sites excluding steroid dienone is 1. The molecule has 0 fully saturated rings. The van der Waals surface area contributed by atoms with Gasteiger partial charge in [0.1, 0.15) is 0 Å². The molecular weight excluding hydrogens is 202 g/mol. The lowest BCUT2D eigenvalue weighted by Crippen LogP contribution is -2.11. The molecule has 0 amide bonds. The van der Waals surface area contributed by atoms with E-state index in [-0.39, 0.29) is 0 Å². The van der Waals surface area contributed by atoms with Crippen LogP contribution in [0, 0.1) is 0 Å². The summed E-state index contributed by atoms with van der Waals surface area (Å²) in [5, 5.41) is 3.25. The summed E-state index contributed by atoms with van der Waals surface area (Å²) in [5.74, 6) is 1.11. The summed E-state index contributed by atoms with van der Waals surface area (Å²) in [7, 11) is 1.99. The molecule has 15 heavy (non-hydrogen) atoms. The van der Waals surface area contributed by atoms with Crippen molar-refractivity contribution < 1.29 is 0 Å². The Morgan fingerprint density at radius 3 is 3.00 bits per heavy atom. The lowest BCUT2D eigenvalue weighted by Gasteiger charge is -2.11. The maximum Gasteiger partial charge on any atom is 0.0289 e.